The number of para-hydroxylation sites is 1. The van der Waals surface area contributed by atoms with Crippen molar-refractivity contribution in [1.29, 1.82) is 0 Å². The Morgan fingerprint density at radius 2 is 1.88 bits per heavy atom. The fraction of sp³-hybridized carbons (Fsp3) is 0.353. The summed E-state index contributed by atoms with van der Waals surface area (Å²) in [6.07, 6.45) is 3.56. The Hall–Kier alpha value is -2.57. The number of nitrogens with zero attached hydrogens (tertiary/aromatic N) is 3. The van der Waals surface area contributed by atoms with Crippen LogP contribution in [0.3, 0.4) is 0 Å². The maximum absolute atomic E-state index is 13.6. The predicted octanol–water partition coefficient (Wildman–Crippen LogP) is 3.24. The van der Waals surface area contributed by atoms with Gasteiger partial charge in [-0.3, -0.25) is 4.79 Å². The zero-order valence-electron chi connectivity index (χ0n) is 13.3. The monoisotopic (exact) mass is 332 g/mol. The predicted molar refractivity (Wildman–Crippen MR) is 87.0 cm³/mol. The number of halogens is 2. The van der Waals surface area contributed by atoms with Crippen LogP contribution in [-0.4, -0.2) is 29.0 Å². The molecule has 1 amide bonds. The normalized spacial score (nSPS) is 15.4. The summed E-state index contributed by atoms with van der Waals surface area (Å²) in [4.78, 5) is 22.7. The topological polar surface area (TPSA) is 58.1 Å². The molecule has 7 heteroatoms. The summed E-state index contributed by atoms with van der Waals surface area (Å²) in [6.45, 7) is 3.85. The highest BCUT2D eigenvalue weighted by Crippen LogP contribution is 2.21. The van der Waals surface area contributed by atoms with Crippen molar-refractivity contribution in [2.45, 2.75) is 19.8 Å². The zero-order valence-corrected chi connectivity index (χ0v) is 13.3. The molecule has 5 nitrogen and oxygen atoms in total. The first-order chi connectivity index (χ1) is 11.5. The molecular weight excluding hydrogens is 314 g/mol. The maximum atomic E-state index is 13.6. The van der Waals surface area contributed by atoms with Crippen LogP contribution in [0.1, 0.15) is 30.3 Å². The largest absolute Gasteiger partial charge is 0.341 e. The van der Waals surface area contributed by atoms with Crippen molar-refractivity contribution in [2.24, 2.45) is 5.92 Å². The number of carbonyl (C=O) groups excluding carboxylic acids is 1. The van der Waals surface area contributed by atoms with Gasteiger partial charge in [0.1, 0.15) is 23.0 Å². The molecule has 0 bridgehead atoms. The van der Waals surface area contributed by atoms with E-state index in [0.29, 0.717) is 11.9 Å². The molecule has 0 spiro atoms. The molecule has 1 aromatic heterocycles. The minimum absolute atomic E-state index is 0.0706. The molecule has 1 N–H and O–H groups in total. The van der Waals surface area contributed by atoms with E-state index in [0.717, 1.165) is 38.1 Å². The molecule has 0 saturated carbocycles. The number of rotatable bonds is 3. The van der Waals surface area contributed by atoms with Gasteiger partial charge in [-0.25, -0.2) is 18.7 Å². The van der Waals surface area contributed by atoms with Gasteiger partial charge in [-0.05, 0) is 37.0 Å². The molecule has 1 aliphatic heterocycles. The lowest BCUT2D eigenvalue weighted by molar-refractivity contribution is 0.102. The Labute approximate surface area is 138 Å². The van der Waals surface area contributed by atoms with E-state index in [4.69, 9.17) is 0 Å². The van der Waals surface area contributed by atoms with E-state index in [1.807, 2.05) is 4.90 Å². The number of nitrogens with one attached hydrogen (secondary N) is 1. The number of hydrogen-bond acceptors (Lipinski definition) is 4. The lowest BCUT2D eigenvalue weighted by atomic mass is 10.00. The van der Waals surface area contributed by atoms with Crippen LogP contribution in [0.5, 0.6) is 0 Å². The molecule has 0 atom stereocenters. The fourth-order valence-corrected chi connectivity index (χ4v) is 2.63. The molecule has 1 aromatic carbocycles. The van der Waals surface area contributed by atoms with E-state index in [9.17, 15) is 13.6 Å². The molecule has 0 aliphatic carbocycles. The number of aromatic nitrogens is 2. The van der Waals surface area contributed by atoms with Gasteiger partial charge in [-0.2, -0.15) is 0 Å². The van der Waals surface area contributed by atoms with Crippen LogP contribution >= 0.6 is 0 Å². The molecule has 1 fully saturated rings. The number of amides is 1. The zero-order chi connectivity index (χ0) is 17.1. The van der Waals surface area contributed by atoms with Gasteiger partial charge in [0.2, 0.25) is 5.95 Å². The highest BCUT2D eigenvalue weighted by Gasteiger charge is 2.20. The van der Waals surface area contributed by atoms with Crippen molar-refractivity contribution in [3.63, 3.8) is 0 Å². The minimum atomic E-state index is -0.831. The number of hydrogen-bond donors (Lipinski definition) is 1. The third-order valence-corrected chi connectivity index (χ3v) is 4.14. The molecule has 1 saturated heterocycles. The number of benzene rings is 1. The van der Waals surface area contributed by atoms with Crippen molar-refractivity contribution in [3.8, 4) is 0 Å². The smallest absolute Gasteiger partial charge is 0.274 e. The quantitative estimate of drug-likeness (QED) is 0.937. The summed E-state index contributed by atoms with van der Waals surface area (Å²) in [5.41, 5.74) is -0.407. The van der Waals surface area contributed by atoms with Crippen LogP contribution in [0.25, 0.3) is 0 Å². The summed E-state index contributed by atoms with van der Waals surface area (Å²) >= 11 is 0. The van der Waals surface area contributed by atoms with Crippen molar-refractivity contribution in [1.82, 2.24) is 9.97 Å². The second-order valence-electron chi connectivity index (χ2n) is 5.96. The Balaban J connectivity index is 1.77. The molecule has 2 aromatic rings. The van der Waals surface area contributed by atoms with E-state index < -0.39 is 23.2 Å². The van der Waals surface area contributed by atoms with Crippen LogP contribution in [0, 0.1) is 17.6 Å². The minimum Gasteiger partial charge on any atom is -0.341 e. The van der Waals surface area contributed by atoms with Crippen LogP contribution in [-0.2, 0) is 0 Å². The molecule has 1 aliphatic rings. The number of carbonyl (C=O) groups is 1. The van der Waals surface area contributed by atoms with Crippen molar-refractivity contribution in [2.75, 3.05) is 23.3 Å². The SMILES string of the molecule is CC1CCN(c2nccc(C(=O)Nc3c(F)cccc3F)n2)CC1. The second kappa shape index (κ2) is 6.90. The molecule has 0 unspecified atom stereocenters. The Kier molecular flexibility index (Phi) is 4.69. The van der Waals surface area contributed by atoms with Crippen LogP contribution in [0.4, 0.5) is 20.4 Å². The van der Waals surface area contributed by atoms with Gasteiger partial charge in [0.05, 0.1) is 0 Å². The van der Waals surface area contributed by atoms with Gasteiger partial charge < -0.3 is 10.2 Å². The first-order valence-corrected chi connectivity index (χ1v) is 7.88. The van der Waals surface area contributed by atoms with Gasteiger partial charge in [0.25, 0.3) is 5.91 Å². The molecule has 0 radical (unpaired) electrons. The average Bonchev–Trinajstić information content (AvgIpc) is 2.59. The van der Waals surface area contributed by atoms with Gasteiger partial charge in [0.15, 0.2) is 0 Å². The molecular formula is C17H18F2N4O. The first kappa shape index (κ1) is 16.3. The highest BCUT2D eigenvalue weighted by atomic mass is 19.1. The van der Waals surface area contributed by atoms with E-state index in [1.54, 1.807) is 0 Å². The molecule has 3 rings (SSSR count). The average molecular weight is 332 g/mol. The Bertz CT molecular complexity index is 725. The lowest BCUT2D eigenvalue weighted by Gasteiger charge is -2.30. The third kappa shape index (κ3) is 3.50. The van der Waals surface area contributed by atoms with Gasteiger partial charge in [0, 0.05) is 19.3 Å². The number of piperidine rings is 1. The summed E-state index contributed by atoms with van der Waals surface area (Å²) in [6, 6.07) is 4.82. The molecule has 24 heavy (non-hydrogen) atoms. The number of anilines is 2. The van der Waals surface area contributed by atoms with E-state index in [-0.39, 0.29) is 5.69 Å². The Morgan fingerprint density at radius 3 is 2.54 bits per heavy atom. The van der Waals surface area contributed by atoms with Crippen LogP contribution in [0.15, 0.2) is 30.5 Å². The van der Waals surface area contributed by atoms with Crippen LogP contribution < -0.4 is 10.2 Å². The summed E-state index contributed by atoms with van der Waals surface area (Å²) < 4.78 is 27.3. The highest BCUT2D eigenvalue weighted by molar-refractivity contribution is 6.03. The Morgan fingerprint density at radius 1 is 1.21 bits per heavy atom. The third-order valence-electron chi connectivity index (χ3n) is 4.14. The van der Waals surface area contributed by atoms with E-state index >= 15 is 0 Å². The summed E-state index contributed by atoms with van der Waals surface area (Å²) in [7, 11) is 0. The standard InChI is InChI=1S/C17H18F2N4O/c1-11-6-9-23(10-7-11)17-20-8-5-14(21-17)16(24)22-15-12(18)3-2-4-13(15)19/h2-5,8,11H,6-7,9-10H2,1H3,(H,22,24). The van der Waals surface area contributed by atoms with Gasteiger partial charge in [-0.15, -0.1) is 0 Å². The van der Waals surface area contributed by atoms with Crippen LogP contribution in [0.2, 0.25) is 0 Å². The maximum Gasteiger partial charge on any atom is 0.274 e. The molecule has 2 heterocycles. The second-order valence-corrected chi connectivity index (χ2v) is 5.96. The molecule has 126 valence electrons. The van der Waals surface area contributed by atoms with E-state index in [1.165, 1.54) is 18.3 Å². The fourth-order valence-electron chi connectivity index (χ4n) is 2.63. The van der Waals surface area contributed by atoms with Crippen molar-refractivity contribution < 1.29 is 13.6 Å². The summed E-state index contributed by atoms with van der Waals surface area (Å²) in [5.74, 6) is -1.21. The lowest BCUT2D eigenvalue weighted by Crippen LogP contribution is -2.34. The van der Waals surface area contributed by atoms with Gasteiger partial charge in [-0.1, -0.05) is 13.0 Å². The first-order valence-electron chi connectivity index (χ1n) is 7.88. The van der Waals surface area contributed by atoms with Crippen molar-refractivity contribution >= 4 is 17.5 Å². The van der Waals surface area contributed by atoms with Crippen molar-refractivity contribution in [3.05, 3.63) is 47.8 Å². The van der Waals surface area contributed by atoms with Gasteiger partial charge >= 0.3 is 0 Å². The summed E-state index contributed by atoms with van der Waals surface area (Å²) in [5, 5.41) is 2.23. The van der Waals surface area contributed by atoms with E-state index in [2.05, 4.69) is 22.2 Å².